The molecule has 24 heavy (non-hydrogen) atoms. The molecule has 1 saturated heterocycles. The molecule has 0 spiro atoms. The van der Waals surface area contributed by atoms with Gasteiger partial charge in [-0.15, -0.1) is 0 Å². The maximum atomic E-state index is 11.5. The largest absolute Gasteiger partial charge is 0.507 e. The number of fused-ring (bicyclic) bond motifs is 1. The molecule has 3 rings (SSSR count). The van der Waals surface area contributed by atoms with Crippen LogP contribution in [-0.2, 0) is 11.3 Å². The Morgan fingerprint density at radius 3 is 2.79 bits per heavy atom. The number of benzene rings is 1. The fourth-order valence-electron chi connectivity index (χ4n) is 2.85. The molecule has 0 aliphatic carbocycles. The molecule has 0 atom stereocenters. The van der Waals surface area contributed by atoms with E-state index in [0.717, 1.165) is 32.8 Å². The number of pyridine rings is 1. The van der Waals surface area contributed by atoms with Crippen molar-refractivity contribution in [1.29, 1.82) is 0 Å². The first kappa shape index (κ1) is 16.6. The minimum Gasteiger partial charge on any atom is -0.507 e. The zero-order chi connectivity index (χ0) is 16.9. The van der Waals surface area contributed by atoms with Crippen molar-refractivity contribution in [2.45, 2.75) is 6.54 Å². The van der Waals surface area contributed by atoms with E-state index >= 15 is 0 Å². The molecule has 7 heteroatoms. The number of morpholine rings is 1. The van der Waals surface area contributed by atoms with Crippen LogP contribution in [0.2, 0.25) is 0 Å². The van der Waals surface area contributed by atoms with Crippen LogP contribution in [0.15, 0.2) is 24.3 Å². The zero-order valence-electron chi connectivity index (χ0n) is 13.4. The topological polar surface area (TPSA) is 94.9 Å². The summed E-state index contributed by atoms with van der Waals surface area (Å²) in [5.41, 5.74) is 0.692. The normalized spacial score (nSPS) is 15.7. The minimum atomic E-state index is -1.14. The van der Waals surface area contributed by atoms with Crippen molar-refractivity contribution < 1.29 is 19.7 Å². The third-order valence-corrected chi connectivity index (χ3v) is 4.18. The molecule has 0 radical (unpaired) electrons. The Morgan fingerprint density at radius 2 is 2.04 bits per heavy atom. The molecular weight excluding hydrogens is 310 g/mol. The number of aromatic nitrogens is 1. The molecule has 1 aromatic carbocycles. The number of rotatable bonds is 6. The molecule has 0 amide bonds. The minimum absolute atomic E-state index is 0.0168. The molecule has 1 fully saturated rings. The van der Waals surface area contributed by atoms with Gasteiger partial charge in [-0.05, 0) is 12.1 Å². The van der Waals surface area contributed by atoms with Gasteiger partial charge >= 0.3 is 5.97 Å². The Kier molecular flexibility index (Phi) is 5.24. The van der Waals surface area contributed by atoms with Gasteiger partial charge in [0.15, 0.2) is 5.69 Å². The molecule has 2 heterocycles. The van der Waals surface area contributed by atoms with Crippen LogP contribution in [0.3, 0.4) is 0 Å². The summed E-state index contributed by atoms with van der Waals surface area (Å²) >= 11 is 0. The summed E-state index contributed by atoms with van der Waals surface area (Å²) in [6, 6.07) is 6.98. The number of para-hydroxylation sites is 1. The number of nitrogens with one attached hydrogen (secondary N) is 1. The van der Waals surface area contributed by atoms with Crippen LogP contribution in [0.1, 0.15) is 16.1 Å². The molecule has 0 bridgehead atoms. The van der Waals surface area contributed by atoms with Crippen LogP contribution in [0.5, 0.6) is 5.75 Å². The Morgan fingerprint density at radius 1 is 1.29 bits per heavy atom. The summed E-state index contributed by atoms with van der Waals surface area (Å²) in [5.74, 6) is -1.15. The summed E-state index contributed by atoms with van der Waals surface area (Å²) in [6.45, 7) is 5.13. The highest BCUT2D eigenvalue weighted by molar-refractivity contribution is 5.95. The number of hydrogen-bond donors (Lipinski definition) is 3. The van der Waals surface area contributed by atoms with Gasteiger partial charge in [0.1, 0.15) is 5.75 Å². The average Bonchev–Trinajstić information content (AvgIpc) is 2.61. The van der Waals surface area contributed by atoms with Crippen molar-refractivity contribution in [3.05, 3.63) is 35.5 Å². The Bertz CT molecular complexity index is 729. The summed E-state index contributed by atoms with van der Waals surface area (Å²) in [7, 11) is 0. The third kappa shape index (κ3) is 3.64. The molecule has 1 aliphatic rings. The lowest BCUT2D eigenvalue weighted by atomic mass is 10.1. The lowest BCUT2D eigenvalue weighted by molar-refractivity contribution is 0.0384. The number of ether oxygens (including phenoxy) is 1. The number of hydrogen-bond acceptors (Lipinski definition) is 6. The predicted octanol–water partition coefficient (Wildman–Crippen LogP) is 1.06. The lowest BCUT2D eigenvalue weighted by Crippen LogP contribution is -2.40. The maximum Gasteiger partial charge on any atom is 0.354 e. The van der Waals surface area contributed by atoms with E-state index in [0.29, 0.717) is 23.0 Å². The second kappa shape index (κ2) is 7.57. The molecule has 7 nitrogen and oxygen atoms in total. The van der Waals surface area contributed by atoms with E-state index in [9.17, 15) is 15.0 Å². The van der Waals surface area contributed by atoms with Gasteiger partial charge < -0.3 is 20.3 Å². The van der Waals surface area contributed by atoms with E-state index in [1.165, 1.54) is 0 Å². The number of carboxylic acids is 1. The monoisotopic (exact) mass is 331 g/mol. The quantitative estimate of drug-likeness (QED) is 0.681. The summed E-state index contributed by atoms with van der Waals surface area (Å²) in [4.78, 5) is 17.9. The number of carboxylic acid groups (broad SMARTS) is 1. The number of aromatic carboxylic acids is 1. The number of carbonyl (C=O) groups is 1. The second-order valence-electron chi connectivity index (χ2n) is 5.74. The van der Waals surface area contributed by atoms with Gasteiger partial charge in [-0.25, -0.2) is 9.78 Å². The maximum absolute atomic E-state index is 11.5. The molecular formula is C17H21N3O4. The number of nitrogens with zero attached hydrogens (tertiary/aromatic N) is 2. The molecule has 3 N–H and O–H groups in total. The van der Waals surface area contributed by atoms with Gasteiger partial charge in [0.2, 0.25) is 0 Å². The summed E-state index contributed by atoms with van der Waals surface area (Å²) in [6.07, 6.45) is 0. The van der Waals surface area contributed by atoms with E-state index in [-0.39, 0.29) is 18.0 Å². The van der Waals surface area contributed by atoms with Crippen LogP contribution in [0.4, 0.5) is 0 Å². The SMILES string of the molecule is O=C(O)c1nc2ccccc2c(O)c1CNCCN1CCOCC1. The first-order chi connectivity index (χ1) is 11.7. The smallest absolute Gasteiger partial charge is 0.354 e. The lowest BCUT2D eigenvalue weighted by Gasteiger charge is -2.26. The molecule has 1 aliphatic heterocycles. The predicted molar refractivity (Wildman–Crippen MR) is 89.3 cm³/mol. The van der Waals surface area contributed by atoms with Crippen LogP contribution < -0.4 is 5.32 Å². The van der Waals surface area contributed by atoms with E-state index in [2.05, 4.69) is 15.2 Å². The van der Waals surface area contributed by atoms with Crippen molar-refractivity contribution in [1.82, 2.24) is 15.2 Å². The van der Waals surface area contributed by atoms with Crippen LogP contribution in [0.25, 0.3) is 10.9 Å². The highest BCUT2D eigenvalue weighted by Crippen LogP contribution is 2.29. The van der Waals surface area contributed by atoms with Gasteiger partial charge in [-0.3, -0.25) is 4.90 Å². The Balaban J connectivity index is 1.71. The number of aromatic hydroxyl groups is 1. The van der Waals surface area contributed by atoms with E-state index < -0.39 is 5.97 Å². The van der Waals surface area contributed by atoms with Crippen molar-refractivity contribution in [3.8, 4) is 5.75 Å². The van der Waals surface area contributed by atoms with Gasteiger partial charge in [0.05, 0.1) is 18.7 Å². The third-order valence-electron chi connectivity index (χ3n) is 4.18. The van der Waals surface area contributed by atoms with Crippen molar-refractivity contribution in [2.24, 2.45) is 0 Å². The Labute approximate surface area is 139 Å². The first-order valence-electron chi connectivity index (χ1n) is 8.01. The zero-order valence-corrected chi connectivity index (χ0v) is 13.4. The van der Waals surface area contributed by atoms with Gasteiger partial charge in [0.25, 0.3) is 0 Å². The molecule has 0 saturated carbocycles. The summed E-state index contributed by atoms with van der Waals surface area (Å²) < 4.78 is 5.31. The van der Waals surface area contributed by atoms with E-state index in [1.54, 1.807) is 24.3 Å². The molecule has 128 valence electrons. The van der Waals surface area contributed by atoms with Gasteiger partial charge in [0, 0.05) is 43.7 Å². The van der Waals surface area contributed by atoms with Crippen molar-refractivity contribution in [3.63, 3.8) is 0 Å². The van der Waals surface area contributed by atoms with Crippen LogP contribution in [0, 0.1) is 0 Å². The fraction of sp³-hybridized carbons (Fsp3) is 0.412. The molecule has 1 aromatic heterocycles. The first-order valence-corrected chi connectivity index (χ1v) is 8.01. The molecule has 0 unspecified atom stereocenters. The van der Waals surface area contributed by atoms with E-state index in [1.807, 2.05) is 0 Å². The van der Waals surface area contributed by atoms with Gasteiger partial charge in [-0.2, -0.15) is 0 Å². The van der Waals surface area contributed by atoms with E-state index in [4.69, 9.17) is 4.74 Å². The second-order valence-corrected chi connectivity index (χ2v) is 5.74. The van der Waals surface area contributed by atoms with Crippen LogP contribution in [-0.4, -0.2) is 65.5 Å². The van der Waals surface area contributed by atoms with Crippen molar-refractivity contribution >= 4 is 16.9 Å². The Hall–Kier alpha value is -2.22. The fourth-order valence-corrected chi connectivity index (χ4v) is 2.85. The summed E-state index contributed by atoms with van der Waals surface area (Å²) in [5, 5.41) is 23.6. The average molecular weight is 331 g/mol. The van der Waals surface area contributed by atoms with Crippen molar-refractivity contribution in [2.75, 3.05) is 39.4 Å². The highest BCUT2D eigenvalue weighted by Gasteiger charge is 2.19. The molecule has 2 aromatic rings. The van der Waals surface area contributed by atoms with Gasteiger partial charge in [-0.1, -0.05) is 12.1 Å². The van der Waals surface area contributed by atoms with Crippen LogP contribution >= 0.6 is 0 Å². The standard InChI is InChI=1S/C17H21N3O4/c21-16-12-3-1-2-4-14(12)19-15(17(22)23)13(16)11-18-5-6-20-7-9-24-10-8-20/h1-4,18H,5-11H2,(H,19,21)(H,22,23). The highest BCUT2D eigenvalue weighted by atomic mass is 16.5.